The first-order valence-corrected chi connectivity index (χ1v) is 7.10. The molecule has 2 aromatic rings. The molecule has 1 aliphatic rings. The standard InChI is InChI=1S/C16H20N2O/c1-2-19-16-5-3-4-13-14(10-18-11-15(13)16)12-6-8-17-9-7-12/h3-5,10-12,17H,2,6-9H2,1H3. The highest BCUT2D eigenvalue weighted by Gasteiger charge is 2.18. The molecule has 2 heterocycles. The minimum absolute atomic E-state index is 0.620. The molecule has 0 bridgehead atoms. The van der Waals surface area contributed by atoms with Crippen LogP contribution in [0.25, 0.3) is 10.8 Å². The summed E-state index contributed by atoms with van der Waals surface area (Å²) in [6.07, 6.45) is 6.35. The Kier molecular flexibility index (Phi) is 3.65. The van der Waals surface area contributed by atoms with Crippen molar-refractivity contribution < 1.29 is 4.74 Å². The van der Waals surface area contributed by atoms with Crippen molar-refractivity contribution in [2.24, 2.45) is 0 Å². The summed E-state index contributed by atoms with van der Waals surface area (Å²) >= 11 is 0. The second-order valence-electron chi connectivity index (χ2n) is 5.04. The summed E-state index contributed by atoms with van der Waals surface area (Å²) in [6.45, 7) is 4.91. The lowest BCUT2D eigenvalue weighted by molar-refractivity contribution is 0.344. The summed E-state index contributed by atoms with van der Waals surface area (Å²) < 4.78 is 5.71. The van der Waals surface area contributed by atoms with Crippen LogP contribution in [0.3, 0.4) is 0 Å². The first kappa shape index (κ1) is 12.4. The quantitative estimate of drug-likeness (QED) is 0.916. The predicted octanol–water partition coefficient (Wildman–Crippen LogP) is 3.10. The van der Waals surface area contributed by atoms with E-state index >= 15 is 0 Å². The lowest BCUT2D eigenvalue weighted by Crippen LogP contribution is -2.26. The van der Waals surface area contributed by atoms with Crippen molar-refractivity contribution in [2.45, 2.75) is 25.7 Å². The molecule has 100 valence electrons. The number of aromatic nitrogens is 1. The average molecular weight is 256 g/mol. The van der Waals surface area contributed by atoms with Gasteiger partial charge in [0, 0.05) is 17.8 Å². The summed E-state index contributed by atoms with van der Waals surface area (Å²) in [7, 11) is 0. The van der Waals surface area contributed by atoms with E-state index in [1.165, 1.54) is 23.8 Å². The van der Waals surface area contributed by atoms with E-state index < -0.39 is 0 Å². The fourth-order valence-electron chi connectivity index (χ4n) is 2.93. The Bertz CT molecular complexity index is 562. The van der Waals surface area contributed by atoms with Crippen LogP contribution in [0.1, 0.15) is 31.2 Å². The van der Waals surface area contributed by atoms with Crippen molar-refractivity contribution in [3.8, 4) is 5.75 Å². The zero-order valence-corrected chi connectivity index (χ0v) is 11.4. The minimum atomic E-state index is 0.620. The van der Waals surface area contributed by atoms with Gasteiger partial charge < -0.3 is 10.1 Å². The molecule has 1 aromatic carbocycles. The van der Waals surface area contributed by atoms with Gasteiger partial charge in [-0.2, -0.15) is 0 Å². The number of nitrogens with one attached hydrogen (secondary N) is 1. The summed E-state index contributed by atoms with van der Waals surface area (Å²) in [5, 5.41) is 5.86. The largest absolute Gasteiger partial charge is 0.493 e. The Balaban J connectivity index is 2.07. The fourth-order valence-corrected chi connectivity index (χ4v) is 2.93. The third-order valence-corrected chi connectivity index (χ3v) is 3.87. The molecule has 1 saturated heterocycles. The molecule has 3 rings (SSSR count). The van der Waals surface area contributed by atoms with Gasteiger partial charge in [-0.1, -0.05) is 12.1 Å². The van der Waals surface area contributed by atoms with Gasteiger partial charge in [0.1, 0.15) is 5.75 Å². The fraction of sp³-hybridized carbons (Fsp3) is 0.438. The van der Waals surface area contributed by atoms with Gasteiger partial charge >= 0.3 is 0 Å². The van der Waals surface area contributed by atoms with Gasteiger partial charge in [0.05, 0.1) is 6.61 Å². The molecule has 0 radical (unpaired) electrons. The van der Waals surface area contributed by atoms with E-state index in [0.717, 1.165) is 24.2 Å². The van der Waals surface area contributed by atoms with Crippen LogP contribution in [0.15, 0.2) is 30.6 Å². The van der Waals surface area contributed by atoms with Gasteiger partial charge in [-0.3, -0.25) is 4.98 Å². The highest BCUT2D eigenvalue weighted by Crippen LogP contribution is 2.34. The number of hydrogen-bond acceptors (Lipinski definition) is 3. The molecular formula is C16H20N2O. The van der Waals surface area contributed by atoms with Crippen molar-refractivity contribution in [1.29, 1.82) is 0 Å². The maximum absolute atomic E-state index is 5.71. The minimum Gasteiger partial charge on any atom is -0.493 e. The SMILES string of the molecule is CCOc1cccc2c(C3CCNCC3)cncc12. The third-order valence-electron chi connectivity index (χ3n) is 3.87. The molecule has 1 fully saturated rings. The summed E-state index contributed by atoms with van der Waals surface area (Å²) in [6, 6.07) is 6.30. The normalized spacial score (nSPS) is 16.7. The number of benzene rings is 1. The highest BCUT2D eigenvalue weighted by atomic mass is 16.5. The molecule has 0 aliphatic carbocycles. The van der Waals surface area contributed by atoms with Gasteiger partial charge in [0.2, 0.25) is 0 Å². The van der Waals surface area contributed by atoms with Crippen LogP contribution in [-0.4, -0.2) is 24.7 Å². The molecule has 0 unspecified atom stereocenters. The number of fused-ring (bicyclic) bond motifs is 1. The van der Waals surface area contributed by atoms with E-state index in [9.17, 15) is 0 Å². The second kappa shape index (κ2) is 5.57. The maximum atomic E-state index is 5.71. The summed E-state index contributed by atoms with van der Waals surface area (Å²) in [5.74, 6) is 1.57. The predicted molar refractivity (Wildman–Crippen MR) is 77.8 cm³/mol. The molecule has 19 heavy (non-hydrogen) atoms. The molecule has 3 nitrogen and oxygen atoms in total. The van der Waals surface area contributed by atoms with Crippen LogP contribution in [0.5, 0.6) is 5.75 Å². The topological polar surface area (TPSA) is 34.1 Å². The molecule has 0 spiro atoms. The molecule has 0 atom stereocenters. The number of piperidine rings is 1. The Morgan fingerprint density at radius 3 is 2.84 bits per heavy atom. The van der Waals surface area contributed by atoms with Crippen molar-refractivity contribution in [1.82, 2.24) is 10.3 Å². The Morgan fingerprint density at radius 1 is 1.21 bits per heavy atom. The highest BCUT2D eigenvalue weighted by molar-refractivity contribution is 5.90. The average Bonchev–Trinajstić information content (AvgIpc) is 2.48. The van der Waals surface area contributed by atoms with Gasteiger partial charge in [-0.15, -0.1) is 0 Å². The molecule has 0 amide bonds. The first-order valence-electron chi connectivity index (χ1n) is 7.10. The van der Waals surface area contributed by atoms with Crippen molar-refractivity contribution in [3.63, 3.8) is 0 Å². The number of hydrogen-bond donors (Lipinski definition) is 1. The molecule has 1 aliphatic heterocycles. The Hall–Kier alpha value is -1.61. The number of ether oxygens (including phenoxy) is 1. The van der Waals surface area contributed by atoms with Gasteiger partial charge in [-0.05, 0) is 55.8 Å². The van der Waals surface area contributed by atoms with E-state index in [0.29, 0.717) is 12.5 Å². The van der Waals surface area contributed by atoms with E-state index in [1.807, 2.05) is 25.4 Å². The van der Waals surface area contributed by atoms with Crippen LogP contribution in [0.2, 0.25) is 0 Å². The van der Waals surface area contributed by atoms with Crippen molar-refractivity contribution in [3.05, 3.63) is 36.2 Å². The molecule has 0 saturated carbocycles. The molecular weight excluding hydrogens is 236 g/mol. The summed E-state index contributed by atoms with van der Waals surface area (Å²) in [4.78, 5) is 4.43. The lowest BCUT2D eigenvalue weighted by atomic mass is 9.88. The van der Waals surface area contributed by atoms with Crippen molar-refractivity contribution >= 4 is 10.8 Å². The molecule has 3 heteroatoms. The third kappa shape index (κ3) is 2.43. The van der Waals surface area contributed by atoms with E-state index in [1.54, 1.807) is 0 Å². The molecule has 1 N–H and O–H groups in total. The first-order chi connectivity index (χ1) is 9.40. The van der Waals surface area contributed by atoms with E-state index in [4.69, 9.17) is 4.74 Å². The van der Waals surface area contributed by atoms with Gasteiger partial charge in [0.25, 0.3) is 0 Å². The smallest absolute Gasteiger partial charge is 0.128 e. The monoisotopic (exact) mass is 256 g/mol. The zero-order chi connectivity index (χ0) is 13.1. The molecule has 1 aromatic heterocycles. The summed E-state index contributed by atoms with van der Waals surface area (Å²) in [5.41, 5.74) is 1.38. The number of rotatable bonds is 3. The van der Waals surface area contributed by atoms with E-state index in [2.05, 4.69) is 22.4 Å². The maximum Gasteiger partial charge on any atom is 0.128 e. The van der Waals surface area contributed by atoms with Crippen LogP contribution in [-0.2, 0) is 0 Å². The van der Waals surface area contributed by atoms with E-state index in [-0.39, 0.29) is 0 Å². The van der Waals surface area contributed by atoms with Crippen molar-refractivity contribution in [2.75, 3.05) is 19.7 Å². The van der Waals surface area contributed by atoms with Crippen LogP contribution >= 0.6 is 0 Å². The number of pyridine rings is 1. The van der Waals surface area contributed by atoms with Crippen LogP contribution < -0.4 is 10.1 Å². The van der Waals surface area contributed by atoms with Gasteiger partial charge in [-0.25, -0.2) is 0 Å². The van der Waals surface area contributed by atoms with Crippen LogP contribution in [0, 0.1) is 0 Å². The Labute approximate surface area is 114 Å². The Morgan fingerprint density at radius 2 is 2.05 bits per heavy atom. The second-order valence-corrected chi connectivity index (χ2v) is 5.04. The zero-order valence-electron chi connectivity index (χ0n) is 11.4. The van der Waals surface area contributed by atoms with Crippen LogP contribution in [0.4, 0.5) is 0 Å². The van der Waals surface area contributed by atoms with Gasteiger partial charge in [0.15, 0.2) is 0 Å². The number of nitrogens with zero attached hydrogens (tertiary/aromatic N) is 1. The lowest BCUT2D eigenvalue weighted by Gasteiger charge is -2.24.